The van der Waals surface area contributed by atoms with Gasteiger partial charge < -0.3 is 20.4 Å². The first-order valence-corrected chi connectivity index (χ1v) is 16.0. The summed E-state index contributed by atoms with van der Waals surface area (Å²) in [7, 11) is 0. The number of benzene rings is 2. The Balaban J connectivity index is 0.000000185. The van der Waals surface area contributed by atoms with E-state index < -0.39 is 23.0 Å². The Morgan fingerprint density at radius 3 is 1.60 bits per heavy atom. The molecule has 0 saturated heterocycles. The molecule has 0 radical (unpaired) electrons. The highest BCUT2D eigenvalue weighted by Crippen LogP contribution is 2.36. The van der Waals surface area contributed by atoms with Gasteiger partial charge in [0.1, 0.15) is 11.5 Å². The molecule has 6 aromatic rings. The maximum Gasteiger partial charge on any atom is 0.307 e. The number of carboxylic acids is 2. The number of carbonyl (C=O) groups excluding carboxylic acids is 2. The van der Waals surface area contributed by atoms with Crippen molar-refractivity contribution in [1.29, 1.82) is 0 Å². The van der Waals surface area contributed by atoms with Crippen molar-refractivity contribution >= 4 is 91.4 Å². The molecular weight excluding hydrogens is 694 g/mol. The zero-order valence-electron chi connectivity index (χ0n) is 24.4. The van der Waals surface area contributed by atoms with Crippen LogP contribution in [0.25, 0.3) is 21.8 Å². The summed E-state index contributed by atoms with van der Waals surface area (Å²) in [5, 5.41) is 40.3. The normalized spacial score (nSPS) is 11.1. The molecule has 10 nitrogen and oxygen atoms in total. The zero-order valence-corrected chi connectivity index (χ0v) is 27.5. The molecule has 0 bridgehead atoms. The largest absolute Gasteiger partial charge is 0.506 e. The molecule has 242 valence electrons. The van der Waals surface area contributed by atoms with Crippen LogP contribution in [0.15, 0.2) is 53.9 Å². The van der Waals surface area contributed by atoms with Crippen LogP contribution in [-0.4, -0.2) is 53.3 Å². The van der Waals surface area contributed by atoms with E-state index >= 15 is 0 Å². The van der Waals surface area contributed by atoms with Crippen molar-refractivity contribution in [2.45, 2.75) is 26.7 Å². The lowest BCUT2D eigenvalue weighted by molar-refractivity contribution is -0.137. The highest BCUT2D eigenvalue weighted by atomic mass is 35.5. The number of thiophene rings is 2. The second-order valence-electron chi connectivity index (χ2n) is 10.3. The molecule has 2 aromatic carbocycles. The number of halogens is 3. The van der Waals surface area contributed by atoms with E-state index in [2.05, 4.69) is 0 Å². The highest BCUT2D eigenvalue weighted by molar-refractivity contribution is 7.12. The molecule has 4 N–H and O–H groups in total. The Morgan fingerprint density at radius 1 is 0.745 bits per heavy atom. The van der Waals surface area contributed by atoms with Crippen LogP contribution < -0.4 is 0 Å². The van der Waals surface area contributed by atoms with Gasteiger partial charge in [0.05, 0.1) is 43.7 Å². The molecule has 0 aliphatic rings. The number of carboxylic acid groups (broad SMARTS) is 2. The maximum atomic E-state index is 13.2. The van der Waals surface area contributed by atoms with Gasteiger partial charge >= 0.3 is 11.9 Å². The van der Waals surface area contributed by atoms with Gasteiger partial charge in [0, 0.05) is 22.2 Å². The van der Waals surface area contributed by atoms with Crippen LogP contribution in [0.5, 0.6) is 11.5 Å². The Bertz CT molecular complexity index is 2230. The van der Waals surface area contributed by atoms with Crippen LogP contribution in [0.2, 0.25) is 10.0 Å². The summed E-state index contributed by atoms with van der Waals surface area (Å²) < 4.78 is 16.0. The van der Waals surface area contributed by atoms with Crippen LogP contribution >= 0.6 is 45.9 Å². The minimum Gasteiger partial charge on any atom is -0.506 e. The molecule has 4 heterocycles. The van der Waals surface area contributed by atoms with Gasteiger partial charge in [-0.1, -0.05) is 29.3 Å². The van der Waals surface area contributed by atoms with E-state index in [9.17, 15) is 33.8 Å². The molecule has 0 atom stereocenters. The number of hydrogen-bond donors (Lipinski definition) is 4. The topological polar surface area (TPSA) is 159 Å². The van der Waals surface area contributed by atoms with E-state index in [1.807, 2.05) is 0 Å². The number of aromatic nitrogens is 2. The Hall–Kier alpha value is -4.69. The first kappa shape index (κ1) is 33.7. The lowest BCUT2D eigenvalue weighted by atomic mass is 10.1. The Morgan fingerprint density at radius 2 is 1.21 bits per heavy atom. The Labute approximate surface area is 283 Å². The first-order chi connectivity index (χ1) is 22.2. The van der Waals surface area contributed by atoms with Gasteiger partial charge in [0.25, 0.3) is 11.8 Å². The van der Waals surface area contributed by atoms with E-state index in [4.69, 9.17) is 33.4 Å². The predicted octanol–water partition coefficient (Wildman–Crippen LogP) is 7.51. The Kier molecular flexibility index (Phi) is 9.46. The lowest BCUT2D eigenvalue weighted by Gasteiger charge is -2.06. The predicted molar refractivity (Wildman–Crippen MR) is 177 cm³/mol. The van der Waals surface area contributed by atoms with Crippen molar-refractivity contribution in [2.24, 2.45) is 0 Å². The molecule has 4 aromatic heterocycles. The van der Waals surface area contributed by atoms with Crippen LogP contribution in [0, 0.1) is 19.0 Å². The third-order valence-corrected chi connectivity index (χ3v) is 9.71. The summed E-state index contributed by atoms with van der Waals surface area (Å²) in [6, 6.07) is 11.7. The van der Waals surface area contributed by atoms with E-state index in [0.717, 1.165) is 0 Å². The van der Waals surface area contributed by atoms with Gasteiger partial charge in [-0.25, -0.2) is 0 Å². The van der Waals surface area contributed by atoms with Gasteiger partial charge in [-0.15, -0.1) is 22.7 Å². The second kappa shape index (κ2) is 13.2. The van der Waals surface area contributed by atoms with Crippen molar-refractivity contribution in [2.75, 3.05) is 0 Å². The van der Waals surface area contributed by atoms with Gasteiger partial charge in [-0.3, -0.25) is 28.3 Å². The van der Waals surface area contributed by atoms with Crippen LogP contribution in [0.1, 0.15) is 41.9 Å². The molecule has 0 spiro atoms. The van der Waals surface area contributed by atoms with Crippen molar-refractivity contribution in [3.63, 3.8) is 0 Å². The molecule has 0 unspecified atom stereocenters. The number of rotatable bonds is 6. The number of aromatic hydroxyl groups is 2. The number of nitrogens with zero attached hydrogens (tertiary/aromatic N) is 2. The fraction of sp³-hybridized carbons (Fsp3) is 0.125. The molecule has 6 rings (SSSR count). The van der Waals surface area contributed by atoms with Crippen molar-refractivity contribution in [1.82, 2.24) is 9.13 Å². The number of phenolic OH excluding ortho intramolecular Hbond substituents is 2. The number of hydrogen-bond acceptors (Lipinski definition) is 8. The van der Waals surface area contributed by atoms with Gasteiger partial charge in [0.2, 0.25) is 0 Å². The summed E-state index contributed by atoms with van der Waals surface area (Å²) in [5.74, 6) is -3.16. The third kappa shape index (κ3) is 6.47. The van der Waals surface area contributed by atoms with Gasteiger partial charge in [-0.05, 0) is 72.8 Å². The average Bonchev–Trinajstić information content (AvgIpc) is 3.78. The molecular formula is C32H23Cl2FN2O8S2. The molecule has 0 amide bonds. The van der Waals surface area contributed by atoms with Crippen LogP contribution in [0.4, 0.5) is 4.39 Å². The summed E-state index contributed by atoms with van der Waals surface area (Å²) >= 11 is 13.9. The molecule has 15 heteroatoms. The number of carbonyl (C=O) groups is 4. The monoisotopic (exact) mass is 716 g/mol. The minimum atomic E-state index is -1.07. The second-order valence-corrected chi connectivity index (χ2v) is 13.1. The smallest absolute Gasteiger partial charge is 0.307 e. The highest BCUT2D eigenvalue weighted by Gasteiger charge is 2.25. The van der Waals surface area contributed by atoms with Crippen molar-refractivity contribution < 1.29 is 44.0 Å². The molecule has 0 saturated carbocycles. The number of fused-ring (bicyclic) bond motifs is 2. The zero-order chi connectivity index (χ0) is 34.3. The molecule has 47 heavy (non-hydrogen) atoms. The summed E-state index contributed by atoms with van der Waals surface area (Å²) in [6.07, 6.45) is -0.559. The van der Waals surface area contributed by atoms with E-state index in [1.54, 1.807) is 31.4 Å². The SMILES string of the molecule is Cc1c(CC(=O)O)c2cc(O)c(Cl)cc2n1C(=O)c1ccc(F)s1.Cc1c(CC(=O)O)c2cc(O)c(Cl)cc2n1C(=O)c1cccs1. The first-order valence-electron chi connectivity index (χ1n) is 13.6. The quantitative estimate of drug-likeness (QED) is 0.138. The van der Waals surface area contributed by atoms with Crippen LogP contribution in [-0.2, 0) is 22.4 Å². The third-order valence-electron chi connectivity index (χ3n) is 7.38. The molecule has 0 aliphatic carbocycles. The fourth-order valence-corrected chi connectivity index (χ4v) is 6.93. The summed E-state index contributed by atoms with van der Waals surface area (Å²) in [4.78, 5) is 48.5. The lowest BCUT2D eigenvalue weighted by Crippen LogP contribution is -2.12. The molecule has 0 aliphatic heterocycles. The minimum absolute atomic E-state index is 0.0354. The van der Waals surface area contributed by atoms with Crippen molar-refractivity contribution in [3.8, 4) is 11.5 Å². The number of phenols is 2. The average molecular weight is 718 g/mol. The van der Waals surface area contributed by atoms with Gasteiger partial charge in [-0.2, -0.15) is 4.39 Å². The van der Waals surface area contributed by atoms with E-state index in [0.29, 0.717) is 60.5 Å². The summed E-state index contributed by atoms with van der Waals surface area (Å²) in [6.45, 7) is 3.29. The van der Waals surface area contributed by atoms with Crippen molar-refractivity contribution in [3.05, 3.63) is 101 Å². The standard InChI is InChI=1S/C16H11ClFNO4S.C16H12ClNO4S/c1-7-8(5-15(21)22)9-4-12(20)10(17)6-11(9)19(7)16(23)13-2-3-14(18)24-13;1-8-9(6-15(20)21)10-5-13(19)11(17)7-12(10)18(8)16(22)14-3-2-4-23-14/h2-4,6,20H,5H2,1H3,(H,21,22);2-5,7,19H,6H2,1H3,(H,20,21). The molecule has 0 fully saturated rings. The van der Waals surface area contributed by atoms with Gasteiger partial charge in [0.15, 0.2) is 5.13 Å². The maximum absolute atomic E-state index is 13.2. The van der Waals surface area contributed by atoms with E-state index in [1.165, 1.54) is 56.9 Å². The van der Waals surface area contributed by atoms with Crippen LogP contribution in [0.3, 0.4) is 0 Å². The number of aliphatic carboxylic acids is 2. The fourth-order valence-electron chi connectivity index (χ4n) is 5.30. The van der Waals surface area contributed by atoms with E-state index in [-0.39, 0.29) is 45.2 Å². The summed E-state index contributed by atoms with van der Waals surface area (Å²) in [5.41, 5.74) is 2.68.